The highest BCUT2D eigenvalue weighted by atomic mass is 32.2. The van der Waals surface area contributed by atoms with Gasteiger partial charge < -0.3 is 11.2 Å². The zero-order valence-corrected chi connectivity index (χ0v) is 15.8. The topological polar surface area (TPSA) is 85.8 Å². The third-order valence-electron chi connectivity index (χ3n) is 4.17. The molecular formula is C19H21N5OS. The van der Waals surface area contributed by atoms with Crippen LogP contribution >= 0.6 is 11.8 Å². The Labute approximate surface area is 156 Å². The van der Waals surface area contributed by atoms with Gasteiger partial charge in [-0.1, -0.05) is 53.7 Å². The summed E-state index contributed by atoms with van der Waals surface area (Å²) in [4.78, 5) is 12.5. The van der Waals surface area contributed by atoms with Gasteiger partial charge in [0.25, 0.3) is 0 Å². The van der Waals surface area contributed by atoms with Crippen molar-refractivity contribution in [2.45, 2.75) is 31.7 Å². The Bertz CT molecular complexity index is 999. The van der Waals surface area contributed by atoms with Crippen LogP contribution in [0.5, 0.6) is 0 Å². The minimum absolute atomic E-state index is 0.112. The Morgan fingerprint density at radius 1 is 1.12 bits per heavy atom. The molecule has 6 nitrogen and oxygen atoms in total. The molecule has 3 aromatic rings. The third kappa shape index (κ3) is 3.88. The predicted molar refractivity (Wildman–Crippen MR) is 106 cm³/mol. The van der Waals surface area contributed by atoms with Crippen LogP contribution in [0.4, 0.5) is 11.5 Å². The summed E-state index contributed by atoms with van der Waals surface area (Å²) in [7, 11) is 0. The quantitative estimate of drug-likeness (QED) is 0.531. The number of rotatable bonds is 5. The van der Waals surface area contributed by atoms with E-state index in [1.54, 1.807) is 0 Å². The highest BCUT2D eigenvalue weighted by Crippen LogP contribution is 2.22. The minimum atomic E-state index is -0.410. The molecule has 0 unspecified atom stereocenters. The molecular weight excluding hydrogens is 346 g/mol. The maximum Gasteiger partial charge on any atom is 0.315 e. The summed E-state index contributed by atoms with van der Waals surface area (Å²) in [6.07, 6.45) is 0. The van der Waals surface area contributed by atoms with Crippen molar-refractivity contribution < 1.29 is 0 Å². The van der Waals surface area contributed by atoms with Gasteiger partial charge in [-0.2, -0.15) is 4.68 Å². The second-order valence-corrected chi connectivity index (χ2v) is 7.10. The van der Waals surface area contributed by atoms with Crippen LogP contribution in [0.25, 0.3) is 0 Å². The predicted octanol–water partition coefficient (Wildman–Crippen LogP) is 3.31. The summed E-state index contributed by atoms with van der Waals surface area (Å²) >= 11 is 1.38. The molecule has 0 radical (unpaired) electrons. The number of nitrogens with two attached hydrogens (primary N) is 1. The van der Waals surface area contributed by atoms with Gasteiger partial charge in [0.15, 0.2) is 0 Å². The van der Waals surface area contributed by atoms with Gasteiger partial charge in [0.05, 0.1) is 0 Å². The summed E-state index contributed by atoms with van der Waals surface area (Å²) in [6, 6.07) is 14.0. The molecule has 0 spiro atoms. The van der Waals surface area contributed by atoms with E-state index in [4.69, 9.17) is 5.84 Å². The van der Waals surface area contributed by atoms with Crippen molar-refractivity contribution in [2.75, 3.05) is 11.2 Å². The number of benzene rings is 2. The van der Waals surface area contributed by atoms with E-state index in [1.165, 1.54) is 17.3 Å². The van der Waals surface area contributed by atoms with Crippen LogP contribution in [-0.4, -0.2) is 14.9 Å². The molecule has 0 aliphatic carbocycles. The Kier molecular flexibility index (Phi) is 5.27. The highest BCUT2D eigenvalue weighted by molar-refractivity contribution is 7.98. The zero-order valence-electron chi connectivity index (χ0n) is 15.0. The van der Waals surface area contributed by atoms with Crippen molar-refractivity contribution in [1.82, 2.24) is 14.9 Å². The van der Waals surface area contributed by atoms with Crippen molar-refractivity contribution >= 4 is 23.3 Å². The smallest absolute Gasteiger partial charge is 0.315 e. The lowest BCUT2D eigenvalue weighted by Crippen LogP contribution is -2.32. The van der Waals surface area contributed by atoms with Gasteiger partial charge >= 0.3 is 5.56 Å². The summed E-state index contributed by atoms with van der Waals surface area (Å²) < 4.78 is 1.04. The molecule has 1 heterocycles. The highest BCUT2D eigenvalue weighted by Gasteiger charge is 2.12. The number of aryl methyl sites for hydroxylation is 2. The molecule has 7 heteroatoms. The van der Waals surface area contributed by atoms with Crippen LogP contribution < -0.4 is 16.7 Å². The van der Waals surface area contributed by atoms with Crippen LogP contribution in [0.15, 0.2) is 52.4 Å². The van der Waals surface area contributed by atoms with Gasteiger partial charge in [-0.25, -0.2) is 0 Å². The van der Waals surface area contributed by atoms with Gasteiger partial charge in [-0.3, -0.25) is 4.79 Å². The molecule has 2 aromatic carbocycles. The van der Waals surface area contributed by atoms with E-state index in [0.29, 0.717) is 10.9 Å². The van der Waals surface area contributed by atoms with E-state index in [-0.39, 0.29) is 5.82 Å². The standard InChI is InChI=1S/C19H21N5OS/c1-12-6-4-8-15(10-12)11-26-19-23-22-17(18(25)24(19)20)21-16-9-5-7-13(2)14(16)3/h4-10H,11,20H2,1-3H3,(H,21,22). The van der Waals surface area contributed by atoms with Crippen molar-refractivity contribution in [3.63, 3.8) is 0 Å². The number of anilines is 2. The Morgan fingerprint density at radius 3 is 2.65 bits per heavy atom. The van der Waals surface area contributed by atoms with Crippen LogP contribution in [0.3, 0.4) is 0 Å². The largest absolute Gasteiger partial charge is 0.334 e. The summed E-state index contributed by atoms with van der Waals surface area (Å²) in [5, 5.41) is 11.6. The lowest BCUT2D eigenvalue weighted by atomic mass is 10.1. The van der Waals surface area contributed by atoms with Gasteiger partial charge in [-0.15, -0.1) is 10.2 Å². The van der Waals surface area contributed by atoms with Crippen LogP contribution in [-0.2, 0) is 5.75 Å². The molecule has 26 heavy (non-hydrogen) atoms. The van der Waals surface area contributed by atoms with Crippen molar-refractivity contribution in [3.05, 3.63) is 75.1 Å². The molecule has 3 N–H and O–H groups in total. The molecule has 0 bridgehead atoms. The van der Waals surface area contributed by atoms with E-state index in [0.717, 1.165) is 27.1 Å². The van der Waals surface area contributed by atoms with E-state index < -0.39 is 5.56 Å². The Balaban J connectivity index is 1.80. The first-order chi connectivity index (χ1) is 12.5. The maximum atomic E-state index is 12.5. The second kappa shape index (κ2) is 7.61. The number of aromatic nitrogens is 3. The summed E-state index contributed by atoms with van der Waals surface area (Å²) in [5.74, 6) is 6.72. The number of hydrogen-bond acceptors (Lipinski definition) is 6. The van der Waals surface area contributed by atoms with Crippen molar-refractivity contribution in [2.24, 2.45) is 0 Å². The van der Waals surface area contributed by atoms with Gasteiger partial charge in [0.1, 0.15) is 0 Å². The SMILES string of the molecule is Cc1cccc(CSc2nnc(Nc3cccc(C)c3C)c(=O)n2N)c1. The lowest BCUT2D eigenvalue weighted by Gasteiger charge is -2.12. The normalized spacial score (nSPS) is 10.7. The van der Waals surface area contributed by atoms with E-state index >= 15 is 0 Å². The summed E-state index contributed by atoms with van der Waals surface area (Å²) in [6.45, 7) is 6.04. The number of thioether (sulfide) groups is 1. The molecule has 3 rings (SSSR count). The first-order valence-electron chi connectivity index (χ1n) is 8.22. The molecule has 1 aromatic heterocycles. The van der Waals surface area contributed by atoms with Crippen molar-refractivity contribution in [3.8, 4) is 0 Å². The lowest BCUT2D eigenvalue weighted by molar-refractivity contribution is 0.704. The molecule has 0 saturated carbocycles. The van der Waals surface area contributed by atoms with E-state index in [1.807, 2.05) is 57.2 Å². The fraction of sp³-hybridized carbons (Fsp3) is 0.211. The number of hydrogen-bond donors (Lipinski definition) is 2. The minimum Gasteiger partial charge on any atom is -0.334 e. The number of nitrogens with one attached hydrogen (secondary N) is 1. The Hall–Kier alpha value is -2.80. The summed E-state index contributed by atoms with van der Waals surface area (Å²) in [5.41, 5.74) is 4.91. The number of nitrogens with zero attached hydrogens (tertiary/aromatic N) is 3. The van der Waals surface area contributed by atoms with Crippen molar-refractivity contribution in [1.29, 1.82) is 0 Å². The molecule has 0 aliphatic heterocycles. The number of nitrogen functional groups attached to an aromatic ring is 1. The van der Waals surface area contributed by atoms with Crippen LogP contribution in [0.1, 0.15) is 22.3 Å². The van der Waals surface area contributed by atoms with Gasteiger partial charge in [0.2, 0.25) is 11.0 Å². The zero-order chi connectivity index (χ0) is 18.7. The van der Waals surface area contributed by atoms with E-state index in [2.05, 4.69) is 21.6 Å². The first kappa shape index (κ1) is 18.0. The molecule has 134 valence electrons. The average molecular weight is 367 g/mol. The fourth-order valence-electron chi connectivity index (χ4n) is 2.53. The maximum absolute atomic E-state index is 12.5. The van der Waals surface area contributed by atoms with Gasteiger partial charge in [-0.05, 0) is 43.5 Å². The first-order valence-corrected chi connectivity index (χ1v) is 9.20. The average Bonchev–Trinajstić information content (AvgIpc) is 2.62. The molecule has 0 saturated heterocycles. The second-order valence-electron chi connectivity index (χ2n) is 6.16. The fourth-order valence-corrected chi connectivity index (χ4v) is 3.32. The Morgan fingerprint density at radius 2 is 1.88 bits per heavy atom. The molecule has 0 amide bonds. The van der Waals surface area contributed by atoms with Gasteiger partial charge in [0, 0.05) is 11.4 Å². The molecule has 0 fully saturated rings. The monoisotopic (exact) mass is 367 g/mol. The van der Waals surface area contributed by atoms with E-state index in [9.17, 15) is 4.79 Å². The molecule has 0 atom stereocenters. The van der Waals surface area contributed by atoms with Crippen LogP contribution in [0.2, 0.25) is 0 Å². The third-order valence-corrected chi connectivity index (χ3v) is 5.19. The molecule has 0 aliphatic rings. The van der Waals surface area contributed by atoms with Crippen LogP contribution in [0, 0.1) is 20.8 Å².